The molecule has 0 unspecified atom stereocenters. The molecule has 2 bridgehead atoms. The number of hydrogen-bond acceptors (Lipinski definition) is 5. The molecule has 4 heterocycles. The van der Waals surface area contributed by atoms with Gasteiger partial charge in [0.15, 0.2) is 11.9 Å². The molecular weight excluding hydrogens is 500 g/mol. The monoisotopic (exact) mass is 564 g/mol. The fourth-order valence-corrected chi connectivity index (χ4v) is 8.56. The molecular formula is C35H64O5. The minimum atomic E-state index is -0.727. The van der Waals surface area contributed by atoms with Crippen LogP contribution in [0.15, 0.2) is 0 Å². The van der Waals surface area contributed by atoms with Crippen LogP contribution in [0.3, 0.4) is 0 Å². The van der Waals surface area contributed by atoms with E-state index in [1.54, 1.807) is 0 Å². The van der Waals surface area contributed by atoms with E-state index in [4.69, 9.17) is 19.2 Å². The van der Waals surface area contributed by atoms with Gasteiger partial charge in [-0.1, -0.05) is 124 Å². The highest BCUT2D eigenvalue weighted by molar-refractivity contribution is 5.10. The Hall–Kier alpha value is -0.200. The molecule has 1 saturated carbocycles. The molecule has 1 spiro atoms. The maximum atomic E-state index is 11.0. The molecule has 0 amide bonds. The van der Waals surface area contributed by atoms with Crippen LogP contribution in [0.1, 0.15) is 169 Å². The van der Waals surface area contributed by atoms with E-state index in [2.05, 4.69) is 20.8 Å². The number of aliphatic hydroxyl groups is 1. The fourth-order valence-electron chi connectivity index (χ4n) is 8.56. The third-order valence-corrected chi connectivity index (χ3v) is 11.2. The maximum Gasteiger partial charge on any atom is 0.201 e. The Morgan fingerprint density at radius 2 is 1.30 bits per heavy atom. The van der Waals surface area contributed by atoms with Crippen LogP contribution in [0.5, 0.6) is 0 Å². The summed E-state index contributed by atoms with van der Waals surface area (Å²) in [6.45, 7) is 8.94. The third kappa shape index (κ3) is 8.24. The largest absolute Gasteiger partial charge is 0.393 e. The van der Waals surface area contributed by atoms with Gasteiger partial charge in [-0.05, 0) is 56.8 Å². The second-order valence-electron chi connectivity index (χ2n) is 14.4. The number of ether oxygens (including phenoxy) is 2. The minimum absolute atomic E-state index is 0.0114. The van der Waals surface area contributed by atoms with E-state index in [-0.39, 0.29) is 12.2 Å². The van der Waals surface area contributed by atoms with Gasteiger partial charge in [0.25, 0.3) is 0 Å². The lowest BCUT2D eigenvalue weighted by atomic mass is 9.57. The highest BCUT2D eigenvalue weighted by Crippen LogP contribution is 2.60. The van der Waals surface area contributed by atoms with Crippen LogP contribution in [0.4, 0.5) is 0 Å². The molecule has 0 aromatic rings. The summed E-state index contributed by atoms with van der Waals surface area (Å²) in [7, 11) is 0. The Balaban J connectivity index is 1.07. The number of unbranched alkanes of at least 4 members (excludes halogenated alkanes) is 15. The third-order valence-electron chi connectivity index (χ3n) is 11.2. The van der Waals surface area contributed by atoms with Crippen LogP contribution in [-0.4, -0.2) is 35.0 Å². The van der Waals surface area contributed by atoms with Crippen molar-refractivity contribution in [2.45, 2.75) is 199 Å². The van der Waals surface area contributed by atoms with Crippen LogP contribution in [-0.2, 0) is 19.2 Å². The Morgan fingerprint density at radius 3 is 1.90 bits per heavy atom. The molecule has 5 rings (SSSR count). The van der Waals surface area contributed by atoms with Crippen LogP contribution in [0.25, 0.3) is 0 Å². The lowest BCUT2D eigenvalue weighted by Gasteiger charge is -2.60. The average Bonchev–Trinajstić information content (AvgIpc) is 3.17. The Labute approximate surface area is 246 Å². The van der Waals surface area contributed by atoms with Gasteiger partial charge in [-0.3, -0.25) is 0 Å². The quantitative estimate of drug-likeness (QED) is 0.125. The van der Waals surface area contributed by atoms with Gasteiger partial charge in [-0.2, -0.15) is 0 Å². The second-order valence-corrected chi connectivity index (χ2v) is 14.4. The highest BCUT2D eigenvalue weighted by Gasteiger charge is 2.69. The molecule has 4 saturated heterocycles. The molecule has 1 aliphatic carbocycles. The Bertz CT molecular complexity index is 716. The summed E-state index contributed by atoms with van der Waals surface area (Å²) in [5.74, 6) is 0.928. The molecule has 5 heteroatoms. The molecule has 5 nitrogen and oxygen atoms in total. The molecule has 1 N–H and O–H groups in total. The van der Waals surface area contributed by atoms with E-state index < -0.39 is 17.7 Å². The van der Waals surface area contributed by atoms with Gasteiger partial charge < -0.3 is 14.6 Å². The van der Waals surface area contributed by atoms with E-state index in [1.807, 2.05) is 6.92 Å². The van der Waals surface area contributed by atoms with Crippen molar-refractivity contribution in [2.24, 2.45) is 23.7 Å². The molecule has 0 aromatic carbocycles. The van der Waals surface area contributed by atoms with Crippen LogP contribution in [0.2, 0.25) is 0 Å². The van der Waals surface area contributed by atoms with E-state index >= 15 is 0 Å². The molecule has 0 radical (unpaired) electrons. The van der Waals surface area contributed by atoms with Gasteiger partial charge in [-0.25, -0.2) is 9.78 Å². The second kappa shape index (κ2) is 16.0. The smallest absolute Gasteiger partial charge is 0.201 e. The summed E-state index contributed by atoms with van der Waals surface area (Å²) in [4.78, 5) is 12.2. The number of aliphatic hydroxyl groups excluding tert-OH is 1. The zero-order valence-corrected chi connectivity index (χ0v) is 26.7. The molecule has 4 aliphatic heterocycles. The number of fused-ring (bicyclic) bond motifs is 2. The first-order chi connectivity index (χ1) is 19.4. The molecule has 0 aromatic heterocycles. The first-order valence-electron chi connectivity index (χ1n) is 17.8. The summed E-state index contributed by atoms with van der Waals surface area (Å²) in [5, 5.41) is 11.0. The van der Waals surface area contributed by atoms with Crippen molar-refractivity contribution in [3.05, 3.63) is 0 Å². The first kappa shape index (κ1) is 32.7. The SMILES string of the molecule is CCCCCCCCCCCCCCCCCC[C@@H](O)C[C@H]1O[C@@H]2O[C@@]3(C)CC[C@H]4[C@H](C)CC[C@@H]([C@H]1C)[C@@]24OO3. The van der Waals surface area contributed by atoms with Crippen molar-refractivity contribution < 1.29 is 24.4 Å². The van der Waals surface area contributed by atoms with Gasteiger partial charge in [0, 0.05) is 12.3 Å². The maximum absolute atomic E-state index is 11.0. The van der Waals surface area contributed by atoms with E-state index in [9.17, 15) is 5.11 Å². The van der Waals surface area contributed by atoms with E-state index in [0.29, 0.717) is 30.1 Å². The summed E-state index contributed by atoms with van der Waals surface area (Å²) < 4.78 is 13.2. The minimum Gasteiger partial charge on any atom is -0.393 e. The predicted molar refractivity (Wildman–Crippen MR) is 162 cm³/mol. The van der Waals surface area contributed by atoms with Crippen LogP contribution < -0.4 is 0 Å². The highest BCUT2D eigenvalue weighted by atomic mass is 17.3. The Morgan fingerprint density at radius 1 is 0.725 bits per heavy atom. The summed E-state index contributed by atoms with van der Waals surface area (Å²) in [6.07, 6.45) is 27.2. The van der Waals surface area contributed by atoms with Crippen molar-refractivity contribution >= 4 is 0 Å². The molecule has 5 aliphatic rings. The van der Waals surface area contributed by atoms with Crippen LogP contribution >= 0.6 is 0 Å². The molecule has 234 valence electrons. The molecule has 9 atom stereocenters. The van der Waals surface area contributed by atoms with Crippen molar-refractivity contribution in [1.82, 2.24) is 0 Å². The normalized spacial score (nSPS) is 37.7. The van der Waals surface area contributed by atoms with E-state index in [1.165, 1.54) is 103 Å². The van der Waals surface area contributed by atoms with Gasteiger partial charge in [0.2, 0.25) is 5.79 Å². The zero-order valence-electron chi connectivity index (χ0n) is 26.7. The summed E-state index contributed by atoms with van der Waals surface area (Å²) in [6, 6.07) is 0. The van der Waals surface area contributed by atoms with Crippen molar-refractivity contribution in [2.75, 3.05) is 0 Å². The number of hydrogen-bond donors (Lipinski definition) is 1. The average molecular weight is 565 g/mol. The summed E-state index contributed by atoms with van der Waals surface area (Å²) in [5.41, 5.74) is -0.498. The lowest BCUT2D eigenvalue weighted by Crippen LogP contribution is -2.70. The van der Waals surface area contributed by atoms with Gasteiger partial charge in [-0.15, -0.1) is 0 Å². The van der Waals surface area contributed by atoms with Crippen molar-refractivity contribution in [1.29, 1.82) is 0 Å². The topological polar surface area (TPSA) is 57.2 Å². The molecule has 5 fully saturated rings. The van der Waals surface area contributed by atoms with Gasteiger partial charge in [0.05, 0.1) is 12.2 Å². The summed E-state index contributed by atoms with van der Waals surface area (Å²) >= 11 is 0. The fraction of sp³-hybridized carbons (Fsp3) is 1.00. The van der Waals surface area contributed by atoms with Crippen molar-refractivity contribution in [3.8, 4) is 0 Å². The van der Waals surface area contributed by atoms with Crippen LogP contribution in [0, 0.1) is 23.7 Å². The van der Waals surface area contributed by atoms with Gasteiger partial charge in [0.1, 0.15) is 0 Å². The Kier molecular flexibility index (Phi) is 13.1. The first-order valence-corrected chi connectivity index (χ1v) is 17.8. The van der Waals surface area contributed by atoms with Crippen molar-refractivity contribution in [3.63, 3.8) is 0 Å². The van der Waals surface area contributed by atoms with Gasteiger partial charge >= 0.3 is 0 Å². The predicted octanol–water partition coefficient (Wildman–Crippen LogP) is 9.64. The standard InChI is InChI=1S/C35H64O5/c1-5-6-7-8-9-10-11-12-13-14-15-16-17-18-19-20-21-29(36)26-32-28(3)31-23-22-27(2)30-24-25-34(4)38-33(37-32)35(30,31)40-39-34/h27-33,36H,5-26H2,1-4H3/t27-,28-,29-,30+,31+,32-,33-,34-,35-/m1/s1. The number of rotatable bonds is 19. The van der Waals surface area contributed by atoms with E-state index in [0.717, 1.165) is 32.1 Å². The lowest BCUT2D eigenvalue weighted by molar-refractivity contribution is -0.571. The molecule has 40 heavy (non-hydrogen) atoms. The zero-order chi connectivity index (χ0) is 28.4.